The van der Waals surface area contributed by atoms with Crippen LogP contribution >= 0.6 is 23.1 Å². The van der Waals surface area contributed by atoms with E-state index in [1.807, 2.05) is 53.9 Å². The highest BCUT2D eigenvalue weighted by Crippen LogP contribution is 2.36. The van der Waals surface area contributed by atoms with Crippen LogP contribution in [0.25, 0.3) is 21.8 Å². The van der Waals surface area contributed by atoms with Gasteiger partial charge in [0.15, 0.2) is 16.6 Å². The normalized spacial score (nSPS) is 11.5. The van der Waals surface area contributed by atoms with E-state index >= 15 is 0 Å². The molecular formula is C25H19N3O4S3. The first kappa shape index (κ1) is 24.8. The average molecular weight is 522 g/mol. The number of ether oxygens (including phenoxy) is 2. The first-order chi connectivity index (χ1) is 17.1. The Morgan fingerprint density at radius 1 is 1.20 bits per heavy atom. The van der Waals surface area contributed by atoms with Crippen LogP contribution in [0.3, 0.4) is 0 Å². The Balaban J connectivity index is 1.66. The molecule has 35 heavy (non-hydrogen) atoms. The molecule has 1 atom stereocenters. The Labute approximate surface area is 214 Å². The number of hydrogen-bond acceptors (Lipinski definition) is 9. The molecule has 2 heterocycles. The van der Waals surface area contributed by atoms with E-state index in [4.69, 9.17) is 9.72 Å². The number of pyridine rings is 1. The number of benzene rings is 2. The molecule has 0 amide bonds. The molecule has 0 aliphatic carbocycles. The van der Waals surface area contributed by atoms with Crippen molar-refractivity contribution >= 4 is 40.2 Å². The zero-order valence-electron chi connectivity index (χ0n) is 18.5. The fourth-order valence-corrected chi connectivity index (χ4v) is 6.04. The average Bonchev–Trinajstić information content (AvgIpc) is 3.46. The Kier molecular flexibility index (Phi) is 8.39. The summed E-state index contributed by atoms with van der Waals surface area (Å²) >= 11 is 1.47. The number of esters is 1. The van der Waals surface area contributed by atoms with E-state index in [0.717, 1.165) is 15.5 Å². The van der Waals surface area contributed by atoms with Gasteiger partial charge in [-0.15, -0.1) is 11.3 Å². The highest BCUT2D eigenvalue weighted by Gasteiger charge is 2.20. The fourth-order valence-electron chi connectivity index (χ4n) is 3.10. The predicted molar refractivity (Wildman–Crippen MR) is 137 cm³/mol. The Morgan fingerprint density at radius 3 is 2.63 bits per heavy atom. The fraction of sp³-hybridized carbons (Fsp3) is 0.120. The quantitative estimate of drug-likeness (QED) is 0.169. The van der Waals surface area contributed by atoms with Gasteiger partial charge in [-0.3, -0.25) is 0 Å². The molecule has 4 rings (SSSR count). The van der Waals surface area contributed by atoms with E-state index in [9.17, 15) is 14.6 Å². The van der Waals surface area contributed by atoms with Gasteiger partial charge >= 0.3 is 5.97 Å². The summed E-state index contributed by atoms with van der Waals surface area (Å²) in [6.45, 7) is -0.192. The Morgan fingerprint density at radius 2 is 1.97 bits per heavy atom. The van der Waals surface area contributed by atoms with Crippen molar-refractivity contribution in [1.82, 2.24) is 9.97 Å². The Hall–Kier alpha value is -3.36. The van der Waals surface area contributed by atoms with E-state index in [2.05, 4.69) is 15.8 Å². The number of carbonyl (C=O) groups is 1. The molecule has 2 aromatic heterocycles. The lowest BCUT2D eigenvalue weighted by Gasteiger charge is -2.13. The van der Waals surface area contributed by atoms with Crippen LogP contribution < -0.4 is 4.74 Å². The van der Waals surface area contributed by atoms with Gasteiger partial charge in [-0.1, -0.05) is 42.1 Å². The van der Waals surface area contributed by atoms with Gasteiger partial charge in [-0.05, 0) is 47.1 Å². The number of hydrogen-bond donors (Lipinski definition) is 0. The van der Waals surface area contributed by atoms with Crippen molar-refractivity contribution in [2.45, 2.75) is 9.92 Å². The maximum absolute atomic E-state index is 12.8. The minimum atomic E-state index is -1.25. The molecule has 0 aliphatic rings. The smallest absolute Gasteiger partial charge is 0.343 e. The molecule has 0 N–H and O–H groups in total. The third-order valence-corrected chi connectivity index (χ3v) is 8.30. The maximum Gasteiger partial charge on any atom is 0.343 e. The SMILES string of the molecule is COC(=O)COc1ccc(-c2cc(-c3nccs3)nc(SC[S+]([O-])c3ccccc3)c2C#N)cc1. The molecule has 0 saturated heterocycles. The van der Waals surface area contributed by atoms with Gasteiger partial charge in [0.1, 0.15) is 27.5 Å². The molecule has 10 heteroatoms. The summed E-state index contributed by atoms with van der Waals surface area (Å²) in [6, 6.07) is 20.4. The monoisotopic (exact) mass is 521 g/mol. The topological polar surface area (TPSA) is 108 Å². The minimum absolute atomic E-state index is 0.192. The third-order valence-electron chi connectivity index (χ3n) is 4.81. The summed E-state index contributed by atoms with van der Waals surface area (Å²) in [5.41, 5.74) is 2.48. The van der Waals surface area contributed by atoms with Gasteiger partial charge in [0.05, 0.1) is 12.7 Å². The summed E-state index contributed by atoms with van der Waals surface area (Å²) in [4.78, 5) is 21.1. The van der Waals surface area contributed by atoms with Crippen molar-refractivity contribution < 1.29 is 18.8 Å². The molecule has 0 saturated carbocycles. The predicted octanol–water partition coefficient (Wildman–Crippen LogP) is 5.15. The molecule has 0 radical (unpaired) electrons. The molecule has 0 aliphatic heterocycles. The van der Waals surface area contributed by atoms with Gasteiger partial charge in [-0.25, -0.2) is 14.8 Å². The standard InChI is InChI=1S/C25H19N3O4S3/c1-31-23(29)15-32-18-9-7-17(8-10-18)20-13-22(25-27-11-12-33-25)28-24(21(20)14-26)34-16-35(30)19-5-3-2-4-6-19/h2-13H,15-16H2,1H3. The van der Waals surface area contributed by atoms with Crippen LogP contribution in [0.2, 0.25) is 0 Å². The zero-order valence-corrected chi connectivity index (χ0v) is 21.0. The van der Waals surface area contributed by atoms with Crippen molar-refractivity contribution in [1.29, 1.82) is 5.26 Å². The molecule has 176 valence electrons. The molecule has 4 aromatic rings. The molecule has 2 aromatic carbocycles. The number of thiazole rings is 1. The van der Waals surface area contributed by atoms with Gasteiger partial charge in [0.25, 0.3) is 0 Å². The highest BCUT2D eigenvalue weighted by atomic mass is 32.3. The molecule has 0 fully saturated rings. The molecular weight excluding hydrogens is 502 g/mol. The van der Waals surface area contributed by atoms with E-state index < -0.39 is 17.1 Å². The number of nitriles is 1. The number of aromatic nitrogens is 2. The van der Waals surface area contributed by atoms with Crippen LogP contribution in [0, 0.1) is 11.3 Å². The Bertz CT molecular complexity index is 1320. The summed E-state index contributed by atoms with van der Waals surface area (Å²) < 4.78 is 22.8. The lowest BCUT2D eigenvalue weighted by atomic mass is 10.0. The number of thioether (sulfide) groups is 1. The lowest BCUT2D eigenvalue weighted by molar-refractivity contribution is -0.142. The zero-order chi connectivity index (χ0) is 24.6. The van der Waals surface area contributed by atoms with Crippen LogP contribution in [-0.2, 0) is 20.7 Å². The van der Waals surface area contributed by atoms with Crippen LogP contribution in [0.4, 0.5) is 0 Å². The van der Waals surface area contributed by atoms with Gasteiger partial charge in [-0.2, -0.15) is 5.26 Å². The molecule has 1 unspecified atom stereocenters. The van der Waals surface area contributed by atoms with Crippen molar-refractivity contribution in [3.05, 3.63) is 77.8 Å². The van der Waals surface area contributed by atoms with Crippen molar-refractivity contribution in [2.24, 2.45) is 0 Å². The van der Waals surface area contributed by atoms with E-state index in [1.165, 1.54) is 30.2 Å². The second-order valence-electron chi connectivity index (χ2n) is 6.99. The number of carbonyl (C=O) groups excluding carboxylic acids is 1. The van der Waals surface area contributed by atoms with Crippen LogP contribution in [0.5, 0.6) is 5.75 Å². The minimum Gasteiger partial charge on any atom is -0.611 e. The van der Waals surface area contributed by atoms with Gasteiger partial charge in [0, 0.05) is 17.1 Å². The lowest BCUT2D eigenvalue weighted by Crippen LogP contribution is -2.12. The number of rotatable bonds is 9. The van der Waals surface area contributed by atoms with Crippen molar-refractivity contribution in [3.8, 4) is 33.6 Å². The van der Waals surface area contributed by atoms with Crippen molar-refractivity contribution in [3.63, 3.8) is 0 Å². The highest BCUT2D eigenvalue weighted by molar-refractivity contribution is 8.12. The van der Waals surface area contributed by atoms with E-state index in [0.29, 0.717) is 27.6 Å². The summed E-state index contributed by atoms with van der Waals surface area (Å²) in [5.74, 6) is 0.0253. The number of methoxy groups -OCH3 is 1. The first-order valence-electron chi connectivity index (χ1n) is 10.3. The summed E-state index contributed by atoms with van der Waals surface area (Å²) in [5, 5.41) is 13.4. The maximum atomic E-state index is 12.8. The van der Waals surface area contributed by atoms with Crippen LogP contribution in [0.1, 0.15) is 5.56 Å². The van der Waals surface area contributed by atoms with Gasteiger partial charge < -0.3 is 14.0 Å². The summed E-state index contributed by atoms with van der Waals surface area (Å²) in [6.07, 6.45) is 1.70. The first-order valence-corrected chi connectivity index (χ1v) is 13.5. The van der Waals surface area contributed by atoms with E-state index in [1.54, 1.807) is 18.3 Å². The molecule has 7 nitrogen and oxygen atoms in total. The third kappa shape index (κ3) is 6.21. The second kappa shape index (κ2) is 11.9. The summed E-state index contributed by atoms with van der Waals surface area (Å²) in [7, 11) is 1.30. The van der Waals surface area contributed by atoms with Gasteiger partial charge in [0.2, 0.25) is 0 Å². The van der Waals surface area contributed by atoms with Crippen LogP contribution in [0.15, 0.2) is 82.2 Å². The largest absolute Gasteiger partial charge is 0.611 e. The van der Waals surface area contributed by atoms with Crippen LogP contribution in [-0.4, -0.2) is 39.3 Å². The van der Waals surface area contributed by atoms with Crippen molar-refractivity contribution in [2.75, 3.05) is 18.8 Å². The molecule has 0 spiro atoms. The molecule has 0 bridgehead atoms. The second-order valence-corrected chi connectivity index (χ2v) is 10.7. The van der Waals surface area contributed by atoms with E-state index in [-0.39, 0.29) is 11.7 Å². The number of nitrogens with zero attached hydrogens (tertiary/aromatic N) is 3.